The summed E-state index contributed by atoms with van der Waals surface area (Å²) in [7, 11) is 0. The van der Waals surface area contributed by atoms with Crippen LogP contribution in [0.25, 0.3) is 0 Å². The average molecular weight is 282 g/mol. The topological polar surface area (TPSA) is 68.3 Å². The van der Waals surface area contributed by atoms with Crippen molar-refractivity contribution in [3.8, 4) is 0 Å². The van der Waals surface area contributed by atoms with Crippen LogP contribution >= 0.6 is 12.2 Å². The molecule has 0 saturated heterocycles. The number of hydrogen-bond donors (Lipinski definition) is 2. The van der Waals surface area contributed by atoms with Crippen molar-refractivity contribution in [1.29, 1.82) is 0 Å². The van der Waals surface area contributed by atoms with E-state index in [1.807, 2.05) is 26.0 Å². The Kier molecular flexibility index (Phi) is 5.54. The van der Waals surface area contributed by atoms with Gasteiger partial charge in [0.15, 0.2) is 0 Å². The van der Waals surface area contributed by atoms with Crippen LogP contribution in [-0.4, -0.2) is 16.9 Å². The van der Waals surface area contributed by atoms with Crippen molar-refractivity contribution in [2.45, 2.75) is 46.1 Å². The first-order chi connectivity index (χ1) is 8.90. The lowest BCUT2D eigenvalue weighted by Gasteiger charge is -2.27. The summed E-state index contributed by atoms with van der Waals surface area (Å²) >= 11 is 4.99. The van der Waals surface area contributed by atoms with E-state index in [1.54, 1.807) is 13.2 Å². The molecule has 0 aromatic carbocycles. The van der Waals surface area contributed by atoms with E-state index in [0.29, 0.717) is 6.42 Å². The van der Waals surface area contributed by atoms with Crippen LogP contribution in [0.3, 0.4) is 0 Å². The minimum atomic E-state index is -0.770. The normalized spacial score (nSPS) is 15.5. The van der Waals surface area contributed by atoms with Crippen molar-refractivity contribution >= 4 is 23.1 Å². The molecule has 0 radical (unpaired) electrons. The third-order valence-corrected chi connectivity index (χ3v) is 3.98. The highest BCUT2D eigenvalue weighted by Gasteiger charge is 2.34. The van der Waals surface area contributed by atoms with Crippen molar-refractivity contribution in [3.63, 3.8) is 0 Å². The maximum absolute atomic E-state index is 12.2. The van der Waals surface area contributed by atoms with Crippen molar-refractivity contribution in [2.24, 2.45) is 11.1 Å². The molecule has 106 valence electrons. The second kappa shape index (κ2) is 6.70. The molecular formula is C14H22N2O2S. The van der Waals surface area contributed by atoms with Gasteiger partial charge in [0.05, 0.1) is 16.7 Å². The number of furan rings is 1. The quantitative estimate of drug-likeness (QED) is 0.754. The third kappa shape index (κ3) is 4.06. The van der Waals surface area contributed by atoms with Crippen LogP contribution in [0, 0.1) is 5.41 Å². The number of aryl methyl sites for hydroxylation is 1. The summed E-state index contributed by atoms with van der Waals surface area (Å²) in [5.41, 5.74) is 4.90. The van der Waals surface area contributed by atoms with Gasteiger partial charge < -0.3 is 15.5 Å². The van der Waals surface area contributed by atoms with Gasteiger partial charge in [-0.05, 0) is 38.8 Å². The van der Waals surface area contributed by atoms with Gasteiger partial charge in [0.1, 0.15) is 5.76 Å². The van der Waals surface area contributed by atoms with Gasteiger partial charge in [0.25, 0.3) is 0 Å². The molecule has 1 heterocycles. The molecule has 0 aliphatic carbocycles. The fourth-order valence-electron chi connectivity index (χ4n) is 1.72. The molecule has 0 aliphatic heterocycles. The Hall–Kier alpha value is -1.36. The highest BCUT2D eigenvalue weighted by atomic mass is 32.1. The Morgan fingerprint density at radius 1 is 1.63 bits per heavy atom. The fraction of sp³-hybridized carbons (Fsp3) is 0.571. The maximum atomic E-state index is 12.2. The zero-order valence-electron chi connectivity index (χ0n) is 11.7. The summed E-state index contributed by atoms with van der Waals surface area (Å²) < 4.78 is 5.26. The van der Waals surface area contributed by atoms with Crippen LogP contribution in [-0.2, 0) is 11.2 Å². The largest absolute Gasteiger partial charge is 0.469 e. The fourth-order valence-corrected chi connectivity index (χ4v) is 1.95. The smallest absolute Gasteiger partial charge is 0.232 e. The van der Waals surface area contributed by atoms with Gasteiger partial charge in [-0.25, -0.2) is 0 Å². The Morgan fingerprint density at radius 3 is 2.79 bits per heavy atom. The van der Waals surface area contributed by atoms with Gasteiger partial charge in [0, 0.05) is 12.5 Å². The summed E-state index contributed by atoms with van der Waals surface area (Å²) in [5, 5.41) is 2.97. The molecule has 1 aromatic rings. The lowest BCUT2D eigenvalue weighted by atomic mass is 9.86. The summed E-state index contributed by atoms with van der Waals surface area (Å²) in [5.74, 6) is 0.822. The van der Waals surface area contributed by atoms with Gasteiger partial charge in [0.2, 0.25) is 5.91 Å². The summed E-state index contributed by atoms with van der Waals surface area (Å²) in [6, 6.07) is 3.84. The van der Waals surface area contributed by atoms with E-state index >= 15 is 0 Å². The van der Waals surface area contributed by atoms with Crippen molar-refractivity contribution in [2.75, 3.05) is 0 Å². The molecule has 1 aromatic heterocycles. The minimum Gasteiger partial charge on any atom is -0.469 e. The van der Waals surface area contributed by atoms with Gasteiger partial charge in [-0.2, -0.15) is 0 Å². The molecule has 3 N–H and O–H groups in total. The van der Waals surface area contributed by atoms with Crippen LogP contribution in [0.4, 0.5) is 0 Å². The number of nitrogens with two attached hydrogens (primary N) is 1. The van der Waals surface area contributed by atoms with E-state index in [-0.39, 0.29) is 16.9 Å². The van der Waals surface area contributed by atoms with E-state index in [2.05, 4.69) is 5.32 Å². The molecule has 0 fully saturated rings. The third-order valence-electron chi connectivity index (χ3n) is 3.53. The first kappa shape index (κ1) is 15.7. The zero-order chi connectivity index (χ0) is 14.5. The van der Waals surface area contributed by atoms with E-state index in [1.165, 1.54) is 0 Å². The van der Waals surface area contributed by atoms with Crippen LogP contribution in [0.15, 0.2) is 22.8 Å². The predicted octanol–water partition coefficient (Wildman–Crippen LogP) is 2.42. The highest BCUT2D eigenvalue weighted by molar-refractivity contribution is 7.80. The van der Waals surface area contributed by atoms with E-state index in [4.69, 9.17) is 22.4 Å². The molecule has 0 bridgehead atoms. The van der Waals surface area contributed by atoms with Gasteiger partial charge in [-0.15, -0.1) is 0 Å². The second-order valence-corrected chi connectivity index (χ2v) is 5.48. The number of hydrogen-bond acceptors (Lipinski definition) is 3. The predicted molar refractivity (Wildman–Crippen MR) is 79.8 cm³/mol. The molecule has 0 saturated carbocycles. The Balaban J connectivity index is 2.49. The van der Waals surface area contributed by atoms with Crippen molar-refractivity contribution in [1.82, 2.24) is 5.32 Å². The van der Waals surface area contributed by atoms with Gasteiger partial charge in [-0.3, -0.25) is 4.79 Å². The number of carbonyl (C=O) groups is 1. The first-order valence-corrected chi connectivity index (χ1v) is 6.94. The van der Waals surface area contributed by atoms with Crippen LogP contribution in [0.1, 0.15) is 39.4 Å². The highest BCUT2D eigenvalue weighted by Crippen LogP contribution is 2.22. The molecule has 1 amide bonds. The Morgan fingerprint density at radius 2 is 2.32 bits per heavy atom. The SMILES string of the molecule is CCC(C)(C(=O)NC(C)CCc1ccco1)C(N)=S. The lowest BCUT2D eigenvalue weighted by Crippen LogP contribution is -2.49. The molecule has 2 unspecified atom stereocenters. The monoisotopic (exact) mass is 282 g/mol. The summed E-state index contributed by atoms with van der Waals surface area (Å²) in [6.07, 6.45) is 3.86. The van der Waals surface area contributed by atoms with Crippen LogP contribution < -0.4 is 11.1 Å². The first-order valence-electron chi connectivity index (χ1n) is 6.53. The van der Waals surface area contributed by atoms with Gasteiger partial charge >= 0.3 is 0 Å². The number of carbonyl (C=O) groups excluding carboxylic acids is 1. The number of amides is 1. The van der Waals surface area contributed by atoms with Crippen LogP contribution in [0.5, 0.6) is 0 Å². The molecule has 0 spiro atoms. The molecule has 4 nitrogen and oxygen atoms in total. The average Bonchev–Trinajstić information content (AvgIpc) is 2.88. The molecule has 1 rings (SSSR count). The number of thiocarbonyl (C=S) groups is 1. The molecule has 19 heavy (non-hydrogen) atoms. The minimum absolute atomic E-state index is 0.0535. The zero-order valence-corrected chi connectivity index (χ0v) is 12.5. The summed E-state index contributed by atoms with van der Waals surface area (Å²) in [4.78, 5) is 12.4. The van der Waals surface area contributed by atoms with E-state index in [0.717, 1.165) is 18.6 Å². The Labute approximate surface area is 119 Å². The molecule has 5 heteroatoms. The van der Waals surface area contributed by atoms with Crippen LogP contribution in [0.2, 0.25) is 0 Å². The van der Waals surface area contributed by atoms with Gasteiger partial charge in [-0.1, -0.05) is 19.1 Å². The summed E-state index contributed by atoms with van der Waals surface area (Å²) in [6.45, 7) is 5.66. The Bertz CT molecular complexity index is 431. The van der Waals surface area contributed by atoms with E-state index < -0.39 is 5.41 Å². The van der Waals surface area contributed by atoms with E-state index in [9.17, 15) is 4.79 Å². The standard InChI is InChI=1S/C14H22N2O2S/c1-4-14(3,12(15)19)13(17)16-10(2)7-8-11-6-5-9-18-11/h5-6,9-10H,4,7-8H2,1-3H3,(H2,15,19)(H,16,17). The maximum Gasteiger partial charge on any atom is 0.232 e. The molecule has 0 aliphatic rings. The molecular weight excluding hydrogens is 260 g/mol. The van der Waals surface area contributed by atoms with Crippen molar-refractivity contribution in [3.05, 3.63) is 24.2 Å². The lowest BCUT2D eigenvalue weighted by molar-refractivity contribution is -0.127. The second-order valence-electron chi connectivity index (χ2n) is 5.04. The number of rotatable bonds is 7. The molecule has 2 atom stereocenters. The van der Waals surface area contributed by atoms with Crippen molar-refractivity contribution < 1.29 is 9.21 Å². The number of nitrogens with one attached hydrogen (secondary N) is 1.